The van der Waals surface area contributed by atoms with Gasteiger partial charge in [0.15, 0.2) is 0 Å². The van der Waals surface area contributed by atoms with Gasteiger partial charge in [-0.15, -0.1) is 6.58 Å². The van der Waals surface area contributed by atoms with Crippen LogP contribution < -0.4 is 0 Å². The predicted octanol–water partition coefficient (Wildman–Crippen LogP) is 4.54. The van der Waals surface area contributed by atoms with Crippen LogP contribution in [0.4, 0.5) is 0 Å². The standard InChI is InChI=1S/C15H26O/c1-7-8-9-13(10-12(2)3)14(16)11-15(4,5)6/h7-8,13H,2,9-11H2,1,3-6H3/b8-7+. The number of hydrogen-bond acceptors (Lipinski definition) is 1. The topological polar surface area (TPSA) is 17.1 Å². The molecule has 0 aromatic carbocycles. The van der Waals surface area contributed by atoms with Crippen LogP contribution in [0.5, 0.6) is 0 Å². The molecule has 0 spiro atoms. The highest BCUT2D eigenvalue weighted by Crippen LogP contribution is 2.25. The first-order chi connectivity index (χ1) is 7.26. The van der Waals surface area contributed by atoms with E-state index in [4.69, 9.17) is 0 Å². The fourth-order valence-corrected chi connectivity index (χ4v) is 1.72. The Morgan fingerprint density at radius 2 is 1.94 bits per heavy atom. The average Bonchev–Trinajstić information content (AvgIpc) is 2.08. The summed E-state index contributed by atoms with van der Waals surface area (Å²) in [4.78, 5) is 12.1. The normalized spacial score (nSPS) is 14.1. The van der Waals surface area contributed by atoms with E-state index in [0.717, 1.165) is 18.4 Å². The summed E-state index contributed by atoms with van der Waals surface area (Å²) in [7, 11) is 0. The van der Waals surface area contributed by atoms with E-state index in [1.165, 1.54) is 0 Å². The first-order valence-corrected chi connectivity index (χ1v) is 6.04. The van der Waals surface area contributed by atoms with Crippen molar-refractivity contribution in [3.05, 3.63) is 24.3 Å². The Kier molecular flexibility index (Phi) is 6.32. The molecule has 0 fully saturated rings. The Morgan fingerprint density at radius 1 is 1.38 bits per heavy atom. The molecule has 0 aliphatic heterocycles. The van der Waals surface area contributed by atoms with Crippen molar-refractivity contribution < 1.29 is 4.79 Å². The van der Waals surface area contributed by atoms with Crippen LogP contribution in [0.15, 0.2) is 24.3 Å². The SMILES string of the molecule is C=C(C)CC(C/C=C/C)C(=O)CC(C)(C)C. The minimum atomic E-state index is 0.0837. The van der Waals surface area contributed by atoms with E-state index in [9.17, 15) is 4.79 Å². The van der Waals surface area contributed by atoms with Gasteiger partial charge in [-0.1, -0.05) is 38.5 Å². The minimum absolute atomic E-state index is 0.0837. The molecule has 1 nitrogen and oxygen atoms in total. The summed E-state index contributed by atoms with van der Waals surface area (Å²) in [6.45, 7) is 14.2. The summed E-state index contributed by atoms with van der Waals surface area (Å²) >= 11 is 0. The molecule has 0 saturated carbocycles. The first-order valence-electron chi connectivity index (χ1n) is 6.04. The number of Topliss-reactive ketones (excluding diaryl/α,β-unsaturated/α-hetero) is 1. The summed E-state index contributed by atoms with van der Waals surface area (Å²) in [5.41, 5.74) is 1.18. The molecular formula is C15H26O. The lowest BCUT2D eigenvalue weighted by Crippen LogP contribution is -2.21. The quantitative estimate of drug-likeness (QED) is 0.603. The van der Waals surface area contributed by atoms with Crippen LogP contribution in [0.1, 0.15) is 53.9 Å². The molecule has 0 aromatic heterocycles. The Labute approximate surface area is 101 Å². The molecule has 1 heteroatoms. The van der Waals surface area contributed by atoms with E-state index >= 15 is 0 Å². The van der Waals surface area contributed by atoms with E-state index in [2.05, 4.69) is 33.4 Å². The van der Waals surface area contributed by atoms with Crippen LogP contribution in [0.25, 0.3) is 0 Å². The molecule has 0 heterocycles. The zero-order valence-electron chi connectivity index (χ0n) is 11.5. The molecule has 0 N–H and O–H groups in total. The monoisotopic (exact) mass is 222 g/mol. The number of ketones is 1. The fraction of sp³-hybridized carbons (Fsp3) is 0.667. The van der Waals surface area contributed by atoms with E-state index in [1.54, 1.807) is 0 Å². The van der Waals surface area contributed by atoms with Gasteiger partial charge in [-0.05, 0) is 32.1 Å². The van der Waals surface area contributed by atoms with Crippen molar-refractivity contribution in [3.8, 4) is 0 Å². The predicted molar refractivity (Wildman–Crippen MR) is 71.4 cm³/mol. The Balaban J connectivity index is 4.49. The summed E-state index contributed by atoms with van der Waals surface area (Å²) in [5.74, 6) is 0.488. The van der Waals surface area contributed by atoms with Gasteiger partial charge in [0.25, 0.3) is 0 Å². The number of carbonyl (C=O) groups excluding carboxylic acids is 1. The molecule has 0 aromatic rings. The molecule has 0 aliphatic rings. The minimum Gasteiger partial charge on any atom is -0.299 e. The second-order valence-electron chi connectivity index (χ2n) is 5.87. The van der Waals surface area contributed by atoms with Crippen molar-refractivity contribution in [2.24, 2.45) is 11.3 Å². The van der Waals surface area contributed by atoms with Crippen molar-refractivity contribution in [2.75, 3.05) is 0 Å². The lowest BCUT2D eigenvalue weighted by Gasteiger charge is -2.21. The highest BCUT2D eigenvalue weighted by Gasteiger charge is 2.22. The van der Waals surface area contributed by atoms with Crippen LogP contribution in [0.2, 0.25) is 0 Å². The molecular weight excluding hydrogens is 196 g/mol. The van der Waals surface area contributed by atoms with E-state index < -0.39 is 0 Å². The average molecular weight is 222 g/mol. The summed E-state index contributed by atoms with van der Waals surface area (Å²) in [6, 6.07) is 0. The molecule has 0 aliphatic carbocycles. The molecule has 92 valence electrons. The second-order valence-corrected chi connectivity index (χ2v) is 5.87. The van der Waals surface area contributed by atoms with Gasteiger partial charge in [0.1, 0.15) is 5.78 Å². The van der Waals surface area contributed by atoms with E-state index in [0.29, 0.717) is 12.2 Å². The van der Waals surface area contributed by atoms with Gasteiger partial charge in [-0.25, -0.2) is 0 Å². The lowest BCUT2D eigenvalue weighted by molar-refractivity contribution is -0.124. The van der Waals surface area contributed by atoms with Crippen molar-refractivity contribution in [3.63, 3.8) is 0 Å². The Hall–Kier alpha value is -0.850. The summed E-state index contributed by atoms with van der Waals surface area (Å²) in [6.07, 6.45) is 6.41. The van der Waals surface area contributed by atoms with Crippen LogP contribution in [0, 0.1) is 11.3 Å². The third kappa shape index (κ3) is 7.44. The van der Waals surface area contributed by atoms with Crippen LogP contribution in [-0.2, 0) is 4.79 Å². The van der Waals surface area contributed by atoms with Gasteiger partial charge in [0.2, 0.25) is 0 Å². The number of rotatable bonds is 6. The molecule has 16 heavy (non-hydrogen) atoms. The van der Waals surface area contributed by atoms with Crippen molar-refractivity contribution >= 4 is 5.78 Å². The van der Waals surface area contributed by atoms with Gasteiger partial charge >= 0.3 is 0 Å². The van der Waals surface area contributed by atoms with Crippen LogP contribution >= 0.6 is 0 Å². The maximum atomic E-state index is 12.1. The lowest BCUT2D eigenvalue weighted by atomic mass is 9.82. The number of carbonyl (C=O) groups is 1. The molecule has 0 saturated heterocycles. The fourth-order valence-electron chi connectivity index (χ4n) is 1.72. The first kappa shape index (κ1) is 15.2. The van der Waals surface area contributed by atoms with Crippen molar-refractivity contribution in [1.82, 2.24) is 0 Å². The highest BCUT2D eigenvalue weighted by molar-refractivity contribution is 5.82. The number of hydrogen-bond donors (Lipinski definition) is 0. The smallest absolute Gasteiger partial charge is 0.137 e. The van der Waals surface area contributed by atoms with Gasteiger partial charge in [-0.3, -0.25) is 4.79 Å². The Morgan fingerprint density at radius 3 is 2.31 bits per heavy atom. The van der Waals surface area contributed by atoms with E-state index in [-0.39, 0.29) is 11.3 Å². The van der Waals surface area contributed by atoms with Crippen LogP contribution in [0.3, 0.4) is 0 Å². The molecule has 1 atom stereocenters. The van der Waals surface area contributed by atoms with Crippen molar-refractivity contribution in [2.45, 2.75) is 53.9 Å². The Bertz CT molecular complexity index is 266. The summed E-state index contributed by atoms with van der Waals surface area (Å²) in [5, 5.41) is 0. The maximum Gasteiger partial charge on any atom is 0.137 e. The van der Waals surface area contributed by atoms with Crippen molar-refractivity contribution in [1.29, 1.82) is 0 Å². The van der Waals surface area contributed by atoms with Gasteiger partial charge < -0.3 is 0 Å². The van der Waals surface area contributed by atoms with Gasteiger partial charge in [0, 0.05) is 12.3 Å². The largest absolute Gasteiger partial charge is 0.299 e. The molecule has 0 rings (SSSR count). The maximum absolute atomic E-state index is 12.1. The van der Waals surface area contributed by atoms with Crippen LogP contribution in [-0.4, -0.2) is 5.78 Å². The molecule has 1 unspecified atom stereocenters. The second kappa shape index (κ2) is 6.67. The third-order valence-corrected chi connectivity index (χ3v) is 2.41. The highest BCUT2D eigenvalue weighted by atomic mass is 16.1. The zero-order chi connectivity index (χ0) is 12.8. The number of allylic oxidation sites excluding steroid dienone is 3. The van der Waals surface area contributed by atoms with E-state index in [1.807, 2.05) is 19.9 Å². The third-order valence-electron chi connectivity index (χ3n) is 2.41. The summed E-state index contributed by atoms with van der Waals surface area (Å²) < 4.78 is 0. The molecule has 0 amide bonds. The zero-order valence-corrected chi connectivity index (χ0v) is 11.5. The molecule has 0 bridgehead atoms. The van der Waals surface area contributed by atoms with Gasteiger partial charge in [0.05, 0.1) is 0 Å². The molecule has 0 radical (unpaired) electrons. The van der Waals surface area contributed by atoms with Gasteiger partial charge in [-0.2, -0.15) is 0 Å².